The summed E-state index contributed by atoms with van der Waals surface area (Å²) in [7, 11) is 0. The van der Waals surface area contributed by atoms with E-state index in [9.17, 15) is 4.79 Å². The number of hydrogen-bond acceptors (Lipinski definition) is 3. The Bertz CT molecular complexity index is 570. The number of carbonyl (C=O) groups excluding carboxylic acids is 1. The zero-order chi connectivity index (χ0) is 11.4. The van der Waals surface area contributed by atoms with Crippen LogP contribution >= 0.6 is 23.1 Å². The first-order valence-electron chi connectivity index (χ1n) is 4.70. The van der Waals surface area contributed by atoms with E-state index in [0.717, 1.165) is 14.7 Å². The van der Waals surface area contributed by atoms with E-state index >= 15 is 0 Å². The molecule has 0 unspecified atom stereocenters. The minimum atomic E-state index is 0.151. The van der Waals surface area contributed by atoms with Gasteiger partial charge in [0.15, 0.2) is 5.78 Å². The highest BCUT2D eigenvalue weighted by Gasteiger charge is 2.09. The number of rotatable bonds is 0. The van der Waals surface area contributed by atoms with Crippen molar-refractivity contribution < 1.29 is 4.79 Å². The molecular weight excluding hydrogens is 236 g/mol. The maximum Gasteiger partial charge on any atom is 0.167 e. The summed E-state index contributed by atoms with van der Waals surface area (Å²) in [6.45, 7) is 1.82. The first-order chi connectivity index (χ1) is 7.78. The maximum atomic E-state index is 11.0. The van der Waals surface area contributed by atoms with Crippen LogP contribution < -0.4 is 0 Å². The first kappa shape index (κ1) is 11.1. The second-order valence-electron chi connectivity index (χ2n) is 3.05. The van der Waals surface area contributed by atoms with Crippen LogP contribution in [0.3, 0.4) is 0 Å². The lowest BCUT2D eigenvalue weighted by Gasteiger charge is -1.82. The van der Waals surface area contributed by atoms with E-state index in [1.54, 1.807) is 17.4 Å². The summed E-state index contributed by atoms with van der Waals surface area (Å²) in [6, 6.07) is 3.92. The van der Waals surface area contributed by atoms with Crippen LogP contribution in [0.2, 0.25) is 0 Å². The van der Waals surface area contributed by atoms with Crippen LogP contribution in [0.25, 0.3) is 0 Å². The maximum absolute atomic E-state index is 11.0. The molecule has 1 nitrogen and oxygen atoms in total. The standard InChI is InChI=1S/C13H8OS2/c1-2-3-11-4-5-12(16-11)6-7-13-8-10(14)9-15-13/h4-5,8H,9H2,1H3. The molecule has 0 bridgehead atoms. The summed E-state index contributed by atoms with van der Waals surface area (Å²) in [5.74, 6) is 12.6. The molecule has 2 rings (SSSR count). The number of ketones is 1. The summed E-state index contributed by atoms with van der Waals surface area (Å²) in [5, 5.41) is 0. The van der Waals surface area contributed by atoms with Crippen LogP contribution in [0, 0.1) is 23.7 Å². The molecule has 0 amide bonds. The first-order valence-corrected chi connectivity index (χ1v) is 6.50. The summed E-state index contributed by atoms with van der Waals surface area (Å²) in [4.78, 5) is 13.8. The van der Waals surface area contributed by atoms with Crippen molar-refractivity contribution in [2.24, 2.45) is 0 Å². The predicted octanol–water partition coefficient (Wildman–Crippen LogP) is 2.67. The molecule has 78 valence electrons. The van der Waals surface area contributed by atoms with Crippen LogP contribution in [-0.2, 0) is 4.79 Å². The van der Waals surface area contributed by atoms with E-state index in [4.69, 9.17) is 0 Å². The average Bonchev–Trinajstić information content (AvgIpc) is 2.85. The van der Waals surface area contributed by atoms with Crippen LogP contribution in [0.1, 0.15) is 16.7 Å². The van der Waals surface area contributed by atoms with Gasteiger partial charge in [0.05, 0.1) is 20.4 Å². The summed E-state index contributed by atoms with van der Waals surface area (Å²) in [5.41, 5.74) is 0. The summed E-state index contributed by atoms with van der Waals surface area (Å²) < 4.78 is 0. The molecule has 1 aliphatic heterocycles. The molecule has 0 spiro atoms. The fourth-order valence-electron chi connectivity index (χ4n) is 1.17. The average molecular weight is 244 g/mol. The van der Waals surface area contributed by atoms with Crippen LogP contribution in [0.4, 0.5) is 0 Å². The molecule has 0 aromatic carbocycles. The van der Waals surface area contributed by atoms with Crippen molar-refractivity contribution >= 4 is 28.9 Å². The monoisotopic (exact) mass is 244 g/mol. The third-order valence-corrected chi connectivity index (χ3v) is 3.70. The van der Waals surface area contributed by atoms with Gasteiger partial charge in [0.25, 0.3) is 0 Å². The molecule has 0 atom stereocenters. The molecule has 0 radical (unpaired) electrons. The highest BCUT2D eigenvalue weighted by atomic mass is 32.2. The van der Waals surface area contributed by atoms with Crippen molar-refractivity contribution in [3.63, 3.8) is 0 Å². The normalized spacial score (nSPS) is 13.6. The Morgan fingerprint density at radius 3 is 2.56 bits per heavy atom. The highest BCUT2D eigenvalue weighted by molar-refractivity contribution is 8.04. The zero-order valence-electron chi connectivity index (χ0n) is 8.66. The molecule has 0 fully saturated rings. The van der Waals surface area contributed by atoms with Gasteiger partial charge in [-0.05, 0) is 19.1 Å². The molecule has 3 heteroatoms. The van der Waals surface area contributed by atoms with Crippen LogP contribution in [0.15, 0.2) is 23.1 Å². The number of allylic oxidation sites excluding steroid dienone is 2. The third kappa shape index (κ3) is 2.79. The quantitative estimate of drug-likeness (QED) is 0.653. The van der Waals surface area contributed by atoms with E-state index in [1.807, 2.05) is 19.1 Å². The zero-order valence-corrected chi connectivity index (χ0v) is 10.3. The van der Waals surface area contributed by atoms with Crippen molar-refractivity contribution in [2.75, 3.05) is 5.75 Å². The molecular formula is C13H8OS2. The molecule has 16 heavy (non-hydrogen) atoms. The van der Waals surface area contributed by atoms with Gasteiger partial charge >= 0.3 is 0 Å². The molecule has 1 aliphatic rings. The van der Waals surface area contributed by atoms with Gasteiger partial charge in [0.2, 0.25) is 0 Å². The largest absolute Gasteiger partial charge is 0.294 e. The lowest BCUT2D eigenvalue weighted by Crippen LogP contribution is -1.86. The topological polar surface area (TPSA) is 17.1 Å². The van der Waals surface area contributed by atoms with Crippen molar-refractivity contribution in [1.82, 2.24) is 0 Å². The van der Waals surface area contributed by atoms with E-state index < -0.39 is 0 Å². The Kier molecular flexibility index (Phi) is 3.51. The second kappa shape index (κ2) is 5.07. The summed E-state index contributed by atoms with van der Waals surface area (Å²) >= 11 is 3.07. The molecule has 1 aromatic rings. The van der Waals surface area contributed by atoms with E-state index in [0.29, 0.717) is 5.75 Å². The van der Waals surface area contributed by atoms with Gasteiger partial charge in [-0.3, -0.25) is 4.79 Å². The van der Waals surface area contributed by atoms with Gasteiger partial charge in [-0.1, -0.05) is 17.8 Å². The lowest BCUT2D eigenvalue weighted by molar-refractivity contribution is -0.112. The Labute approximate surface area is 103 Å². The SMILES string of the molecule is CC#Cc1ccc(C#CC2=CC(=O)CS2)s1. The van der Waals surface area contributed by atoms with Crippen LogP contribution in [-0.4, -0.2) is 11.5 Å². The fraction of sp³-hybridized carbons (Fsp3) is 0.154. The van der Waals surface area contributed by atoms with Crippen molar-refractivity contribution in [2.45, 2.75) is 6.92 Å². The van der Waals surface area contributed by atoms with Gasteiger partial charge < -0.3 is 0 Å². The Balaban J connectivity index is 2.14. The minimum absolute atomic E-state index is 0.151. The van der Waals surface area contributed by atoms with Gasteiger partial charge in [-0.25, -0.2) is 0 Å². The lowest BCUT2D eigenvalue weighted by atomic mass is 10.3. The fourth-order valence-corrected chi connectivity index (χ4v) is 2.65. The van der Waals surface area contributed by atoms with Crippen molar-refractivity contribution in [3.8, 4) is 23.7 Å². The summed E-state index contributed by atoms with van der Waals surface area (Å²) in [6.07, 6.45) is 1.61. The smallest absolute Gasteiger partial charge is 0.167 e. The van der Waals surface area contributed by atoms with Crippen LogP contribution in [0.5, 0.6) is 0 Å². The number of thiophene rings is 1. The third-order valence-electron chi connectivity index (χ3n) is 1.83. The van der Waals surface area contributed by atoms with Gasteiger partial charge in [0.1, 0.15) is 0 Å². The molecule has 1 aromatic heterocycles. The van der Waals surface area contributed by atoms with Crippen molar-refractivity contribution in [3.05, 3.63) is 32.9 Å². The van der Waals surface area contributed by atoms with E-state index in [-0.39, 0.29) is 5.78 Å². The molecule has 0 N–H and O–H groups in total. The van der Waals surface area contributed by atoms with Gasteiger partial charge in [0, 0.05) is 6.08 Å². The highest BCUT2D eigenvalue weighted by Crippen LogP contribution is 2.22. The number of thioether (sulfide) groups is 1. The number of hydrogen-bond donors (Lipinski definition) is 0. The van der Waals surface area contributed by atoms with Crippen molar-refractivity contribution in [1.29, 1.82) is 0 Å². The Morgan fingerprint density at radius 2 is 1.94 bits per heavy atom. The van der Waals surface area contributed by atoms with E-state index in [1.165, 1.54) is 11.8 Å². The van der Waals surface area contributed by atoms with E-state index in [2.05, 4.69) is 23.7 Å². The molecule has 2 heterocycles. The Morgan fingerprint density at radius 1 is 1.19 bits per heavy atom. The van der Waals surface area contributed by atoms with Gasteiger partial charge in [-0.2, -0.15) is 0 Å². The van der Waals surface area contributed by atoms with Gasteiger partial charge in [-0.15, -0.1) is 29.0 Å². The minimum Gasteiger partial charge on any atom is -0.294 e. The predicted molar refractivity (Wildman–Crippen MR) is 69.3 cm³/mol. The number of carbonyl (C=O) groups is 1. The second-order valence-corrected chi connectivity index (χ2v) is 5.15. The molecule has 0 aliphatic carbocycles. The Hall–Kier alpha value is -1.42. The molecule has 0 saturated heterocycles. The molecule has 0 saturated carbocycles.